The molecule has 0 saturated carbocycles. The van der Waals surface area contributed by atoms with E-state index in [1.54, 1.807) is 19.1 Å². The zero-order valence-electron chi connectivity index (χ0n) is 26.5. The molecule has 0 saturated heterocycles. The van der Waals surface area contributed by atoms with Gasteiger partial charge in [-0.1, -0.05) is 61.8 Å². The minimum atomic E-state index is -0.379. The topological polar surface area (TPSA) is 121 Å². The fourth-order valence-corrected chi connectivity index (χ4v) is 5.44. The van der Waals surface area contributed by atoms with Crippen molar-refractivity contribution in [2.45, 2.75) is 46.6 Å². The predicted octanol–water partition coefficient (Wildman–Crippen LogP) is 6.19. The van der Waals surface area contributed by atoms with Crippen LogP contribution in [-0.2, 0) is 17.8 Å². The number of carbonyl (C=O) groups is 2. The van der Waals surface area contributed by atoms with Crippen molar-refractivity contribution >= 4 is 41.0 Å². The van der Waals surface area contributed by atoms with E-state index in [1.807, 2.05) is 65.6 Å². The summed E-state index contributed by atoms with van der Waals surface area (Å²) in [6.07, 6.45) is 1.69. The minimum Gasteiger partial charge on any atom is -0.492 e. The molecule has 4 aliphatic rings. The normalized spacial score (nSPS) is 15.6. The minimum absolute atomic E-state index is 0.0705. The number of aryl methyl sites for hydroxylation is 2. The second-order valence-corrected chi connectivity index (χ2v) is 12.6. The van der Waals surface area contributed by atoms with Gasteiger partial charge >= 0.3 is 0 Å². The van der Waals surface area contributed by atoms with Crippen LogP contribution in [0.15, 0.2) is 72.8 Å². The summed E-state index contributed by atoms with van der Waals surface area (Å²) in [6, 6.07) is 22.8. The van der Waals surface area contributed by atoms with E-state index in [1.165, 1.54) is 0 Å². The Morgan fingerprint density at radius 3 is 2.50 bits per heavy atom. The summed E-state index contributed by atoms with van der Waals surface area (Å²) in [4.78, 5) is 41.7. The van der Waals surface area contributed by atoms with Crippen LogP contribution in [0.25, 0.3) is 0 Å². The summed E-state index contributed by atoms with van der Waals surface area (Å²) in [7, 11) is 0. The molecule has 3 aromatic carbocycles. The lowest BCUT2D eigenvalue weighted by atomic mass is 9.92. The van der Waals surface area contributed by atoms with E-state index in [0.29, 0.717) is 86.1 Å². The first-order valence-electron chi connectivity index (χ1n) is 15.5. The molecule has 2 amide bonds. The third kappa shape index (κ3) is 9.40. The summed E-state index contributed by atoms with van der Waals surface area (Å²) < 4.78 is 6.02. The molecule has 0 radical (unpaired) electrons. The van der Waals surface area contributed by atoms with Crippen LogP contribution in [0.5, 0.6) is 5.75 Å². The average Bonchev–Trinajstić information content (AvgIpc) is 3.04. The SMILES string of the molecule is Cc1nc2nc(n1)Nc1ccc(cc1)C(=O)NCC(C)(C)CN(C(=O)CCc1ccccc1)CCCOc1ccc(cc1Cl)CN2. The van der Waals surface area contributed by atoms with Crippen molar-refractivity contribution in [1.82, 2.24) is 25.2 Å². The predicted molar refractivity (Wildman–Crippen MR) is 181 cm³/mol. The van der Waals surface area contributed by atoms with Gasteiger partial charge in [0, 0.05) is 43.9 Å². The van der Waals surface area contributed by atoms with E-state index in [9.17, 15) is 9.59 Å². The Labute approximate surface area is 275 Å². The smallest absolute Gasteiger partial charge is 0.251 e. The number of hydrogen-bond acceptors (Lipinski definition) is 8. The molecule has 5 heterocycles. The molecular weight excluding hydrogens is 602 g/mol. The summed E-state index contributed by atoms with van der Waals surface area (Å²) in [5, 5.41) is 9.97. The van der Waals surface area contributed by atoms with Crippen molar-refractivity contribution in [3.8, 4) is 5.75 Å². The number of benzene rings is 3. The molecule has 0 aliphatic carbocycles. The number of nitrogens with zero attached hydrogens (tertiary/aromatic N) is 4. The quantitative estimate of drug-likeness (QED) is 0.242. The van der Waals surface area contributed by atoms with Crippen LogP contribution < -0.4 is 20.7 Å². The third-order valence-electron chi connectivity index (χ3n) is 7.60. The summed E-state index contributed by atoms with van der Waals surface area (Å²) in [5.74, 6) is 1.82. The fourth-order valence-electron chi connectivity index (χ4n) is 5.18. The molecule has 4 aromatic rings. The van der Waals surface area contributed by atoms with E-state index in [4.69, 9.17) is 16.3 Å². The van der Waals surface area contributed by atoms with Gasteiger partial charge in [0.25, 0.3) is 5.91 Å². The first-order chi connectivity index (χ1) is 22.1. The van der Waals surface area contributed by atoms with Gasteiger partial charge in [-0.3, -0.25) is 9.59 Å². The van der Waals surface area contributed by atoms with Crippen molar-refractivity contribution in [2.24, 2.45) is 5.41 Å². The first-order valence-corrected chi connectivity index (χ1v) is 15.9. The summed E-state index contributed by atoms with van der Waals surface area (Å²) in [5.41, 5.74) is 2.94. The number of ether oxygens (including phenoxy) is 1. The molecule has 0 fully saturated rings. The van der Waals surface area contributed by atoms with Gasteiger partial charge in [0.2, 0.25) is 17.8 Å². The van der Waals surface area contributed by atoms with E-state index < -0.39 is 0 Å². The van der Waals surface area contributed by atoms with Crippen LogP contribution in [0.1, 0.15) is 54.0 Å². The number of anilines is 3. The second-order valence-electron chi connectivity index (χ2n) is 12.2. The van der Waals surface area contributed by atoms with Crippen LogP contribution in [0, 0.1) is 12.3 Å². The Hall–Kier alpha value is -4.70. The van der Waals surface area contributed by atoms with E-state index in [0.717, 1.165) is 16.8 Å². The van der Waals surface area contributed by atoms with Gasteiger partial charge in [0.1, 0.15) is 11.6 Å². The van der Waals surface area contributed by atoms with Crippen molar-refractivity contribution in [3.05, 3.63) is 100 Å². The Morgan fingerprint density at radius 2 is 1.74 bits per heavy atom. The highest BCUT2D eigenvalue weighted by atomic mass is 35.5. The van der Waals surface area contributed by atoms with Gasteiger partial charge in [-0.05, 0) is 72.7 Å². The van der Waals surface area contributed by atoms with Crippen molar-refractivity contribution < 1.29 is 14.3 Å². The second kappa shape index (κ2) is 15.1. The van der Waals surface area contributed by atoms with E-state index in [2.05, 4.69) is 44.7 Å². The van der Waals surface area contributed by atoms with Crippen molar-refractivity contribution in [1.29, 1.82) is 0 Å². The van der Waals surface area contributed by atoms with Crippen LogP contribution in [-0.4, -0.2) is 57.9 Å². The van der Waals surface area contributed by atoms with Gasteiger partial charge < -0.3 is 25.6 Å². The number of aromatic nitrogens is 3. The van der Waals surface area contributed by atoms with Crippen LogP contribution in [0.3, 0.4) is 0 Å². The lowest BCUT2D eigenvalue weighted by Gasteiger charge is -2.33. The van der Waals surface area contributed by atoms with Gasteiger partial charge in [-0.15, -0.1) is 0 Å². The van der Waals surface area contributed by atoms with Crippen LogP contribution in [0.2, 0.25) is 5.02 Å². The van der Waals surface area contributed by atoms with E-state index in [-0.39, 0.29) is 17.2 Å². The van der Waals surface area contributed by atoms with Crippen molar-refractivity contribution in [2.75, 3.05) is 36.9 Å². The molecule has 0 atom stereocenters. The largest absolute Gasteiger partial charge is 0.492 e. The zero-order chi connectivity index (χ0) is 32.5. The molecule has 6 bridgehead atoms. The van der Waals surface area contributed by atoms with Crippen LogP contribution >= 0.6 is 11.6 Å². The van der Waals surface area contributed by atoms with Crippen LogP contribution in [0.4, 0.5) is 17.6 Å². The molecule has 10 nitrogen and oxygen atoms in total. The molecule has 8 rings (SSSR count). The maximum Gasteiger partial charge on any atom is 0.251 e. The number of halogens is 1. The van der Waals surface area contributed by atoms with Gasteiger partial charge in [0.15, 0.2) is 0 Å². The molecule has 1 aromatic heterocycles. The highest BCUT2D eigenvalue weighted by molar-refractivity contribution is 6.32. The summed E-state index contributed by atoms with van der Waals surface area (Å²) >= 11 is 6.58. The first kappa shape index (κ1) is 32.7. The molecule has 3 N–H and O–H groups in total. The monoisotopic (exact) mass is 641 g/mol. The van der Waals surface area contributed by atoms with Crippen molar-refractivity contribution in [3.63, 3.8) is 0 Å². The number of rotatable bonds is 3. The Balaban J connectivity index is 1.34. The highest BCUT2D eigenvalue weighted by Crippen LogP contribution is 2.26. The summed E-state index contributed by atoms with van der Waals surface area (Å²) in [6.45, 7) is 8.15. The zero-order valence-corrected chi connectivity index (χ0v) is 27.2. The molecule has 11 heteroatoms. The lowest BCUT2D eigenvalue weighted by Crippen LogP contribution is -2.45. The van der Waals surface area contributed by atoms with Gasteiger partial charge in [0.05, 0.1) is 11.6 Å². The molecule has 240 valence electrons. The Kier molecular flexibility index (Phi) is 10.7. The number of hydrogen-bond donors (Lipinski definition) is 3. The number of amides is 2. The molecule has 0 spiro atoms. The lowest BCUT2D eigenvalue weighted by molar-refractivity contribution is -0.132. The third-order valence-corrected chi connectivity index (χ3v) is 7.89. The maximum absolute atomic E-state index is 13.5. The molecular formula is C35H40ClN7O3. The number of nitrogens with one attached hydrogen (secondary N) is 3. The molecule has 46 heavy (non-hydrogen) atoms. The standard InChI is InChI=1S/C35H40ClN7O3/c1-24-39-33-37-21-26-10-16-30(29(36)20-26)46-19-7-18-43(31(44)17-11-25-8-5-4-6-9-25)23-35(2,3)22-38-32(45)27-12-14-28(15-13-27)41-34(40-24)42-33/h4-6,8-10,12-16,20H,7,11,17-19,21-23H2,1-3H3,(H,38,45)(H2,37,39,40,41,42). The van der Waals surface area contributed by atoms with Gasteiger partial charge in [-0.25, -0.2) is 0 Å². The fraction of sp³-hybridized carbons (Fsp3) is 0.343. The highest BCUT2D eigenvalue weighted by Gasteiger charge is 2.26. The Morgan fingerprint density at radius 1 is 0.978 bits per heavy atom. The Bertz CT molecular complexity index is 1650. The van der Waals surface area contributed by atoms with Gasteiger partial charge in [-0.2, -0.15) is 15.0 Å². The molecule has 0 unspecified atom stereocenters. The number of carbonyl (C=O) groups excluding carboxylic acids is 2. The van der Waals surface area contributed by atoms with E-state index >= 15 is 0 Å². The average molecular weight is 642 g/mol. The molecule has 4 aliphatic heterocycles. The maximum atomic E-state index is 13.5.